The van der Waals surface area contributed by atoms with Crippen LogP contribution in [0.2, 0.25) is 5.15 Å². The summed E-state index contributed by atoms with van der Waals surface area (Å²) in [5.74, 6) is 0.346. The molecule has 0 saturated heterocycles. The second-order valence-electron chi connectivity index (χ2n) is 3.01. The van der Waals surface area contributed by atoms with Crippen molar-refractivity contribution in [2.24, 2.45) is 0 Å². The first kappa shape index (κ1) is 12.3. The van der Waals surface area contributed by atoms with Gasteiger partial charge in [0.05, 0.1) is 5.56 Å². The molecule has 0 aliphatic heterocycles. The van der Waals surface area contributed by atoms with Crippen LogP contribution in [0.4, 0.5) is 0 Å². The van der Waals surface area contributed by atoms with Crippen LogP contribution in [-0.2, 0) is 4.74 Å². The van der Waals surface area contributed by atoms with Crippen molar-refractivity contribution < 1.29 is 9.53 Å². The summed E-state index contributed by atoms with van der Waals surface area (Å²) >= 11 is 7.39. The number of esters is 1. The first-order valence-electron chi connectivity index (χ1n) is 4.45. The Labute approximate surface area is 98.2 Å². The van der Waals surface area contributed by atoms with Crippen molar-refractivity contribution in [1.82, 2.24) is 4.98 Å². The number of ether oxygens (including phenoxy) is 1. The van der Waals surface area contributed by atoms with Crippen molar-refractivity contribution in [3.63, 3.8) is 0 Å². The second-order valence-corrected chi connectivity index (χ2v) is 4.28. The number of hydrogen-bond acceptors (Lipinski definition) is 4. The maximum atomic E-state index is 11.6. The standard InChI is InChI=1S/C10H12ClNO2S/c1-7(6-15-2)14-10(13)8-4-3-5-12-9(8)11/h3-5,7H,6H2,1-2H3. The van der Waals surface area contributed by atoms with Crippen LogP contribution >= 0.6 is 23.4 Å². The Morgan fingerprint density at radius 3 is 3.07 bits per heavy atom. The van der Waals surface area contributed by atoms with Gasteiger partial charge in [-0.15, -0.1) is 0 Å². The molecule has 0 saturated carbocycles. The summed E-state index contributed by atoms with van der Waals surface area (Å²) in [6, 6.07) is 3.26. The molecule has 1 unspecified atom stereocenters. The SMILES string of the molecule is CSCC(C)OC(=O)c1cccnc1Cl. The van der Waals surface area contributed by atoms with Crippen LogP contribution in [0.15, 0.2) is 18.3 Å². The van der Waals surface area contributed by atoms with E-state index in [1.165, 1.54) is 6.20 Å². The summed E-state index contributed by atoms with van der Waals surface area (Å²) in [4.78, 5) is 15.4. The van der Waals surface area contributed by atoms with Gasteiger partial charge < -0.3 is 4.74 Å². The normalized spacial score (nSPS) is 12.2. The average molecular weight is 246 g/mol. The van der Waals surface area contributed by atoms with Gasteiger partial charge in [-0.05, 0) is 25.3 Å². The fraction of sp³-hybridized carbons (Fsp3) is 0.400. The molecule has 3 nitrogen and oxygen atoms in total. The topological polar surface area (TPSA) is 39.2 Å². The number of carbonyl (C=O) groups excluding carboxylic acids is 1. The largest absolute Gasteiger partial charge is 0.458 e. The van der Waals surface area contributed by atoms with Crippen molar-refractivity contribution in [2.75, 3.05) is 12.0 Å². The molecule has 5 heteroatoms. The van der Waals surface area contributed by atoms with Crippen LogP contribution in [-0.4, -0.2) is 29.1 Å². The third-order valence-corrected chi connectivity index (χ3v) is 2.79. The van der Waals surface area contributed by atoms with Gasteiger partial charge >= 0.3 is 5.97 Å². The van der Waals surface area contributed by atoms with Crippen molar-refractivity contribution in [3.8, 4) is 0 Å². The highest BCUT2D eigenvalue weighted by Gasteiger charge is 2.14. The molecule has 0 aliphatic rings. The lowest BCUT2D eigenvalue weighted by molar-refractivity contribution is 0.0386. The average Bonchev–Trinajstić information content (AvgIpc) is 2.18. The van der Waals surface area contributed by atoms with Gasteiger partial charge in [0.25, 0.3) is 0 Å². The Balaban J connectivity index is 2.65. The number of hydrogen-bond donors (Lipinski definition) is 0. The van der Waals surface area contributed by atoms with Gasteiger partial charge in [-0.3, -0.25) is 0 Å². The summed E-state index contributed by atoms with van der Waals surface area (Å²) < 4.78 is 5.17. The third kappa shape index (κ3) is 3.72. The second kappa shape index (κ2) is 5.98. The molecule has 0 N–H and O–H groups in total. The Bertz CT molecular complexity index is 346. The van der Waals surface area contributed by atoms with E-state index in [1.54, 1.807) is 23.9 Å². The van der Waals surface area contributed by atoms with Crippen molar-refractivity contribution in [1.29, 1.82) is 0 Å². The number of carbonyl (C=O) groups is 1. The zero-order chi connectivity index (χ0) is 11.3. The van der Waals surface area contributed by atoms with Gasteiger partial charge in [0, 0.05) is 11.9 Å². The maximum Gasteiger partial charge on any atom is 0.341 e. The van der Waals surface area contributed by atoms with Crippen LogP contribution < -0.4 is 0 Å². The maximum absolute atomic E-state index is 11.6. The lowest BCUT2D eigenvalue weighted by atomic mass is 10.3. The monoisotopic (exact) mass is 245 g/mol. The van der Waals surface area contributed by atoms with Crippen molar-refractivity contribution >= 4 is 29.3 Å². The number of rotatable bonds is 4. The number of halogens is 1. The molecular formula is C10H12ClNO2S. The summed E-state index contributed by atoms with van der Waals surface area (Å²) in [5, 5.41) is 0.179. The van der Waals surface area contributed by atoms with E-state index >= 15 is 0 Å². The Hall–Kier alpha value is -0.740. The summed E-state index contributed by atoms with van der Waals surface area (Å²) in [6.07, 6.45) is 3.37. The summed E-state index contributed by atoms with van der Waals surface area (Å²) in [7, 11) is 0. The number of pyridine rings is 1. The van der Waals surface area contributed by atoms with E-state index in [4.69, 9.17) is 16.3 Å². The number of nitrogens with zero attached hydrogens (tertiary/aromatic N) is 1. The molecule has 15 heavy (non-hydrogen) atoms. The zero-order valence-electron chi connectivity index (χ0n) is 8.57. The molecule has 0 fully saturated rings. The van der Waals surface area contributed by atoms with E-state index < -0.39 is 5.97 Å². The highest BCUT2D eigenvalue weighted by atomic mass is 35.5. The fourth-order valence-electron chi connectivity index (χ4n) is 1.05. The Kier molecular flexibility index (Phi) is 4.91. The van der Waals surface area contributed by atoms with E-state index in [1.807, 2.05) is 13.2 Å². The molecule has 82 valence electrons. The fourth-order valence-corrected chi connectivity index (χ4v) is 1.79. The quantitative estimate of drug-likeness (QED) is 0.604. The molecule has 0 aromatic carbocycles. The van der Waals surface area contributed by atoms with Gasteiger partial charge in [0.15, 0.2) is 0 Å². The molecule has 0 amide bonds. The van der Waals surface area contributed by atoms with Crippen molar-refractivity contribution in [3.05, 3.63) is 29.0 Å². The van der Waals surface area contributed by atoms with E-state index in [0.717, 1.165) is 5.75 Å². The number of aromatic nitrogens is 1. The van der Waals surface area contributed by atoms with E-state index in [2.05, 4.69) is 4.98 Å². The highest BCUT2D eigenvalue weighted by Crippen LogP contribution is 2.14. The van der Waals surface area contributed by atoms with E-state index in [0.29, 0.717) is 5.56 Å². The minimum atomic E-state index is -0.422. The molecule has 0 aliphatic carbocycles. The zero-order valence-corrected chi connectivity index (χ0v) is 10.1. The predicted molar refractivity (Wildman–Crippen MR) is 62.5 cm³/mol. The van der Waals surface area contributed by atoms with Crippen LogP contribution in [0.25, 0.3) is 0 Å². The minimum absolute atomic E-state index is 0.122. The smallest absolute Gasteiger partial charge is 0.341 e. The third-order valence-electron chi connectivity index (χ3n) is 1.69. The molecule has 1 atom stereocenters. The molecule has 1 aromatic heterocycles. The first-order valence-corrected chi connectivity index (χ1v) is 6.22. The van der Waals surface area contributed by atoms with Gasteiger partial charge in [-0.25, -0.2) is 9.78 Å². The minimum Gasteiger partial charge on any atom is -0.458 e. The highest BCUT2D eigenvalue weighted by molar-refractivity contribution is 7.98. The van der Waals surface area contributed by atoms with Gasteiger partial charge in [-0.2, -0.15) is 11.8 Å². The number of thioether (sulfide) groups is 1. The molecule has 1 heterocycles. The summed E-state index contributed by atoms with van der Waals surface area (Å²) in [5.41, 5.74) is 0.312. The van der Waals surface area contributed by atoms with Crippen LogP contribution in [0, 0.1) is 0 Å². The molecule has 0 bridgehead atoms. The first-order chi connectivity index (χ1) is 7.15. The van der Waals surface area contributed by atoms with Crippen molar-refractivity contribution in [2.45, 2.75) is 13.0 Å². The van der Waals surface area contributed by atoms with Gasteiger partial charge in [0.1, 0.15) is 11.3 Å². The molecule has 0 radical (unpaired) electrons. The predicted octanol–water partition coefficient (Wildman–Crippen LogP) is 2.64. The Morgan fingerprint density at radius 2 is 2.47 bits per heavy atom. The van der Waals surface area contributed by atoms with E-state index in [9.17, 15) is 4.79 Å². The molecule has 1 rings (SSSR count). The lowest BCUT2D eigenvalue weighted by Crippen LogP contribution is -2.17. The van der Waals surface area contributed by atoms with Gasteiger partial charge in [-0.1, -0.05) is 11.6 Å². The molecular weight excluding hydrogens is 234 g/mol. The van der Waals surface area contributed by atoms with Crippen LogP contribution in [0.5, 0.6) is 0 Å². The van der Waals surface area contributed by atoms with Gasteiger partial charge in [0.2, 0.25) is 0 Å². The molecule has 0 spiro atoms. The summed E-state index contributed by atoms with van der Waals surface area (Å²) in [6.45, 7) is 1.85. The lowest BCUT2D eigenvalue weighted by Gasteiger charge is -2.11. The van der Waals surface area contributed by atoms with Crippen LogP contribution in [0.3, 0.4) is 0 Å². The van der Waals surface area contributed by atoms with E-state index in [-0.39, 0.29) is 11.3 Å². The van der Waals surface area contributed by atoms with Crippen LogP contribution in [0.1, 0.15) is 17.3 Å². The molecule has 1 aromatic rings. The Morgan fingerprint density at radius 1 is 1.73 bits per heavy atom.